The largest absolute Gasteiger partial charge is 0.461 e. The molecule has 0 N–H and O–H groups in total. The van der Waals surface area contributed by atoms with Gasteiger partial charge in [-0.3, -0.25) is 9.59 Å². The smallest absolute Gasteiger partial charge is 0.302 e. The molecule has 4 aliphatic carbocycles. The van der Waals surface area contributed by atoms with E-state index in [9.17, 15) is 9.59 Å². The summed E-state index contributed by atoms with van der Waals surface area (Å²) in [6.07, 6.45) is 12.1. The summed E-state index contributed by atoms with van der Waals surface area (Å²) >= 11 is 0. The molecule has 7 atom stereocenters. The molecule has 27 heavy (non-hydrogen) atoms. The van der Waals surface area contributed by atoms with Gasteiger partial charge in [-0.2, -0.15) is 0 Å². The predicted octanol–water partition coefficient (Wildman–Crippen LogP) is 5.33. The van der Waals surface area contributed by atoms with Crippen LogP contribution in [0.3, 0.4) is 0 Å². The van der Waals surface area contributed by atoms with Crippen LogP contribution in [0.4, 0.5) is 0 Å². The van der Waals surface area contributed by atoms with Crippen LogP contribution in [0.25, 0.3) is 0 Å². The van der Waals surface area contributed by atoms with E-state index in [0.717, 1.165) is 42.9 Å². The van der Waals surface area contributed by atoms with Gasteiger partial charge in [0.2, 0.25) is 0 Å². The average molecular weight is 373 g/mol. The van der Waals surface area contributed by atoms with E-state index < -0.39 is 0 Å². The number of hydrogen-bond acceptors (Lipinski definition) is 3. The molecule has 4 rings (SSSR count). The molecular formula is C24H36O3. The van der Waals surface area contributed by atoms with Crippen LogP contribution >= 0.6 is 0 Å². The van der Waals surface area contributed by atoms with Crippen LogP contribution in [-0.4, -0.2) is 18.4 Å². The highest BCUT2D eigenvalue weighted by Gasteiger charge is 2.60. The Kier molecular flexibility index (Phi) is 4.79. The summed E-state index contributed by atoms with van der Waals surface area (Å²) in [6.45, 7) is 8.76. The highest BCUT2D eigenvalue weighted by molar-refractivity contribution is 5.79. The van der Waals surface area contributed by atoms with Gasteiger partial charge < -0.3 is 4.74 Å². The molecule has 0 heterocycles. The van der Waals surface area contributed by atoms with Gasteiger partial charge in [-0.25, -0.2) is 0 Å². The van der Waals surface area contributed by atoms with Crippen LogP contribution in [0.5, 0.6) is 0 Å². The Morgan fingerprint density at radius 2 is 1.78 bits per heavy atom. The highest BCUT2D eigenvalue weighted by Crippen LogP contribution is 2.67. The first kappa shape index (κ1) is 19.2. The molecular weight excluding hydrogens is 336 g/mol. The van der Waals surface area contributed by atoms with Crippen molar-refractivity contribution in [2.45, 2.75) is 79.1 Å². The summed E-state index contributed by atoms with van der Waals surface area (Å²) in [4.78, 5) is 23.4. The Labute approximate surface area is 164 Å². The number of carbonyl (C=O) groups is 2. The van der Waals surface area contributed by atoms with E-state index in [1.165, 1.54) is 44.6 Å². The van der Waals surface area contributed by atoms with Crippen molar-refractivity contribution in [2.24, 2.45) is 40.4 Å². The molecule has 0 bridgehead atoms. The number of carbonyl (C=O) groups excluding carboxylic acids is 2. The highest BCUT2D eigenvalue weighted by atomic mass is 16.5. The van der Waals surface area contributed by atoms with Crippen LogP contribution in [0.2, 0.25) is 0 Å². The van der Waals surface area contributed by atoms with Crippen molar-refractivity contribution < 1.29 is 14.3 Å². The molecule has 3 heteroatoms. The summed E-state index contributed by atoms with van der Waals surface area (Å²) in [7, 11) is 0. The molecule has 3 nitrogen and oxygen atoms in total. The first-order chi connectivity index (χ1) is 12.8. The van der Waals surface area contributed by atoms with Crippen LogP contribution < -0.4 is 0 Å². The maximum atomic E-state index is 12.3. The molecule has 3 saturated carbocycles. The van der Waals surface area contributed by atoms with Crippen molar-refractivity contribution in [2.75, 3.05) is 6.61 Å². The third-order valence-corrected chi connectivity index (χ3v) is 9.36. The fourth-order valence-electron chi connectivity index (χ4n) is 7.93. The van der Waals surface area contributed by atoms with E-state index in [0.29, 0.717) is 23.7 Å². The van der Waals surface area contributed by atoms with Gasteiger partial charge >= 0.3 is 5.97 Å². The molecule has 150 valence electrons. The Balaban J connectivity index is 1.53. The number of ketones is 1. The van der Waals surface area contributed by atoms with Crippen LogP contribution in [0, 0.1) is 40.4 Å². The minimum atomic E-state index is -0.180. The van der Waals surface area contributed by atoms with Gasteiger partial charge in [0.25, 0.3) is 0 Å². The maximum absolute atomic E-state index is 12.3. The first-order valence-corrected chi connectivity index (χ1v) is 11.1. The molecule has 4 aliphatic rings. The molecule has 0 amide bonds. The first-order valence-electron chi connectivity index (χ1n) is 11.1. The topological polar surface area (TPSA) is 43.4 Å². The van der Waals surface area contributed by atoms with E-state index in [2.05, 4.69) is 19.9 Å². The van der Waals surface area contributed by atoms with Crippen LogP contribution in [0.15, 0.2) is 11.6 Å². The summed E-state index contributed by atoms with van der Waals surface area (Å²) in [6, 6.07) is 0. The summed E-state index contributed by atoms with van der Waals surface area (Å²) in [5.74, 6) is 3.62. The van der Waals surface area contributed by atoms with Crippen molar-refractivity contribution in [3.05, 3.63) is 11.6 Å². The number of ether oxygens (including phenoxy) is 1. The quantitative estimate of drug-likeness (QED) is 0.496. The van der Waals surface area contributed by atoms with Gasteiger partial charge in [-0.15, -0.1) is 0 Å². The molecule has 1 unspecified atom stereocenters. The molecule has 0 aromatic rings. The standard InChI is InChI=1S/C24H36O3/c1-15(25)20-7-8-21-19-6-5-18-13-17(14-27-16(2)26)9-11-23(18,3)22(19)10-12-24(20,21)4/h9,18-22H,5-8,10-14H2,1-4H3/t18?,19-,20+,21-,22-,23-,24+/m0/s1. The lowest BCUT2D eigenvalue weighted by Crippen LogP contribution is -2.53. The molecule has 0 saturated heterocycles. The zero-order valence-corrected chi connectivity index (χ0v) is 17.6. The minimum absolute atomic E-state index is 0.180. The second kappa shape index (κ2) is 6.74. The molecule has 3 fully saturated rings. The fourth-order valence-corrected chi connectivity index (χ4v) is 7.93. The lowest BCUT2D eigenvalue weighted by atomic mass is 9.45. The molecule has 0 aliphatic heterocycles. The number of fused-ring (bicyclic) bond motifs is 5. The van der Waals surface area contributed by atoms with Gasteiger partial charge in [0.05, 0.1) is 0 Å². The number of hydrogen-bond donors (Lipinski definition) is 0. The lowest BCUT2D eigenvalue weighted by molar-refractivity contribution is -0.140. The van der Waals surface area contributed by atoms with E-state index in [-0.39, 0.29) is 11.4 Å². The molecule has 0 spiro atoms. The van der Waals surface area contributed by atoms with Crippen molar-refractivity contribution >= 4 is 11.8 Å². The van der Waals surface area contributed by atoms with E-state index in [1.807, 2.05) is 6.92 Å². The van der Waals surface area contributed by atoms with Gasteiger partial charge in [0.1, 0.15) is 12.4 Å². The monoisotopic (exact) mass is 372 g/mol. The average Bonchev–Trinajstić information content (AvgIpc) is 2.97. The lowest BCUT2D eigenvalue weighted by Gasteiger charge is -2.60. The van der Waals surface area contributed by atoms with Crippen molar-refractivity contribution in [1.29, 1.82) is 0 Å². The van der Waals surface area contributed by atoms with E-state index in [4.69, 9.17) is 4.74 Å². The summed E-state index contributed by atoms with van der Waals surface area (Å²) < 4.78 is 5.27. The van der Waals surface area contributed by atoms with E-state index >= 15 is 0 Å². The Bertz CT molecular complexity index is 665. The van der Waals surface area contributed by atoms with E-state index in [1.54, 1.807) is 0 Å². The molecule has 0 aromatic heterocycles. The third kappa shape index (κ3) is 3.00. The minimum Gasteiger partial charge on any atom is -0.461 e. The number of esters is 1. The van der Waals surface area contributed by atoms with Gasteiger partial charge in [-0.1, -0.05) is 19.9 Å². The van der Waals surface area contributed by atoms with Gasteiger partial charge in [0, 0.05) is 12.8 Å². The Morgan fingerprint density at radius 3 is 2.48 bits per heavy atom. The third-order valence-electron chi connectivity index (χ3n) is 9.36. The van der Waals surface area contributed by atoms with Gasteiger partial charge in [0.15, 0.2) is 0 Å². The maximum Gasteiger partial charge on any atom is 0.302 e. The number of rotatable bonds is 3. The van der Waals surface area contributed by atoms with Gasteiger partial charge in [-0.05, 0) is 98.4 Å². The Hall–Kier alpha value is -1.12. The SMILES string of the molecule is CC(=O)OCC1=CC[C@@]2(C)C(CC[C@H]3[C@@H]4CC[C@H](C(C)=O)[C@@]4(C)CC[C@@H]32)C1. The van der Waals surface area contributed by atoms with Crippen LogP contribution in [0.1, 0.15) is 79.1 Å². The number of allylic oxidation sites excluding steroid dienone is 1. The predicted molar refractivity (Wildman–Crippen MR) is 106 cm³/mol. The zero-order valence-electron chi connectivity index (χ0n) is 17.6. The second-order valence-electron chi connectivity index (χ2n) is 10.5. The molecule has 0 radical (unpaired) electrons. The Morgan fingerprint density at radius 1 is 1.04 bits per heavy atom. The molecule has 0 aromatic carbocycles. The van der Waals surface area contributed by atoms with Crippen molar-refractivity contribution in [3.63, 3.8) is 0 Å². The van der Waals surface area contributed by atoms with Crippen LogP contribution in [-0.2, 0) is 14.3 Å². The van der Waals surface area contributed by atoms with Crippen molar-refractivity contribution in [3.8, 4) is 0 Å². The fraction of sp³-hybridized carbons (Fsp3) is 0.833. The second-order valence-corrected chi connectivity index (χ2v) is 10.5. The number of Topliss-reactive ketones (excluding diaryl/α,β-unsaturated/α-hetero) is 1. The zero-order chi connectivity index (χ0) is 19.4. The summed E-state index contributed by atoms with van der Waals surface area (Å²) in [5, 5.41) is 0. The summed E-state index contributed by atoms with van der Waals surface area (Å²) in [5.41, 5.74) is 1.96. The normalized spacial score (nSPS) is 45.9. The van der Waals surface area contributed by atoms with Crippen molar-refractivity contribution in [1.82, 2.24) is 0 Å².